The van der Waals surface area contributed by atoms with Crippen LogP contribution in [0.25, 0.3) is 0 Å². The summed E-state index contributed by atoms with van der Waals surface area (Å²) in [6.45, 7) is 0. The smallest absolute Gasteiger partial charge is 0.0317 e. The third-order valence-electron chi connectivity index (χ3n) is 1.65. The van der Waals surface area contributed by atoms with Crippen LogP contribution in [0.2, 0.25) is 0 Å². The summed E-state index contributed by atoms with van der Waals surface area (Å²) in [5.74, 6) is 0. The predicted molar refractivity (Wildman–Crippen MR) is 83.7 cm³/mol. The maximum absolute atomic E-state index is 3.35. The van der Waals surface area contributed by atoms with Crippen molar-refractivity contribution in [2.75, 3.05) is 0 Å². The molecule has 0 atom stereocenters. The van der Waals surface area contributed by atoms with E-state index in [1.165, 1.54) is 0 Å². The predicted octanol–water partition coefficient (Wildman–Crippen LogP) is 6.42. The van der Waals surface area contributed by atoms with Gasteiger partial charge in [-0.15, -0.1) is 0 Å². The summed E-state index contributed by atoms with van der Waals surface area (Å²) in [5.41, 5.74) is 0. The molecule has 0 aliphatic rings. The van der Waals surface area contributed by atoms with Crippen molar-refractivity contribution < 1.29 is 0 Å². The Balaban J connectivity index is 0.000000160. The lowest BCUT2D eigenvalue weighted by molar-refractivity contribution is 1.59. The highest BCUT2D eigenvalue weighted by molar-refractivity contribution is 9.13. The average molecular weight is 472 g/mol. The van der Waals surface area contributed by atoms with Gasteiger partial charge in [-0.3, -0.25) is 0 Å². The molecular weight excluding hydrogens is 464 g/mol. The number of halogens is 4. The van der Waals surface area contributed by atoms with Crippen molar-refractivity contribution in [1.82, 2.24) is 0 Å². The summed E-state index contributed by atoms with van der Waals surface area (Å²) in [6.07, 6.45) is 0. The molecule has 4 heteroatoms. The van der Waals surface area contributed by atoms with Gasteiger partial charge in [-0.25, -0.2) is 0 Å². The SMILES string of the molecule is Brc1ccccc1Br.Brc1ccccc1Br. The van der Waals surface area contributed by atoms with Gasteiger partial charge < -0.3 is 0 Å². The first-order valence-corrected chi connectivity index (χ1v) is 7.58. The summed E-state index contributed by atoms with van der Waals surface area (Å²) in [7, 11) is 0. The van der Waals surface area contributed by atoms with Crippen LogP contribution in [0.1, 0.15) is 0 Å². The van der Waals surface area contributed by atoms with Crippen LogP contribution in [0.4, 0.5) is 0 Å². The van der Waals surface area contributed by atoms with Crippen molar-refractivity contribution in [3.05, 3.63) is 66.4 Å². The molecule has 0 heterocycles. The molecule has 0 N–H and O–H groups in total. The summed E-state index contributed by atoms with van der Waals surface area (Å²) in [6, 6.07) is 15.9. The van der Waals surface area contributed by atoms with Crippen LogP contribution in [-0.2, 0) is 0 Å². The van der Waals surface area contributed by atoms with Gasteiger partial charge in [0, 0.05) is 17.9 Å². The van der Waals surface area contributed by atoms with Crippen molar-refractivity contribution in [2.45, 2.75) is 0 Å². The topological polar surface area (TPSA) is 0 Å². The highest BCUT2D eigenvalue weighted by Crippen LogP contribution is 2.21. The third kappa shape index (κ3) is 5.13. The fourth-order valence-electron chi connectivity index (χ4n) is 0.879. The van der Waals surface area contributed by atoms with Crippen LogP contribution in [0.15, 0.2) is 66.4 Å². The van der Waals surface area contributed by atoms with Crippen LogP contribution in [0.5, 0.6) is 0 Å². The molecule has 0 saturated carbocycles. The molecule has 2 aromatic carbocycles. The monoisotopic (exact) mass is 468 g/mol. The van der Waals surface area contributed by atoms with Gasteiger partial charge >= 0.3 is 0 Å². The van der Waals surface area contributed by atoms with E-state index >= 15 is 0 Å². The molecule has 0 aliphatic heterocycles. The molecule has 0 nitrogen and oxygen atoms in total. The molecule has 2 rings (SSSR count). The Morgan fingerprint density at radius 2 is 0.625 bits per heavy atom. The summed E-state index contributed by atoms with van der Waals surface area (Å²) < 4.78 is 4.39. The maximum atomic E-state index is 3.35. The number of benzene rings is 2. The van der Waals surface area contributed by atoms with Crippen LogP contribution in [0, 0.1) is 0 Å². The normalized spacial score (nSPS) is 9.25. The van der Waals surface area contributed by atoms with Crippen LogP contribution < -0.4 is 0 Å². The Morgan fingerprint density at radius 3 is 0.750 bits per heavy atom. The van der Waals surface area contributed by atoms with Crippen LogP contribution >= 0.6 is 63.7 Å². The molecule has 2 aromatic rings. The molecule has 16 heavy (non-hydrogen) atoms. The van der Waals surface area contributed by atoms with Crippen molar-refractivity contribution in [1.29, 1.82) is 0 Å². The van der Waals surface area contributed by atoms with E-state index in [4.69, 9.17) is 0 Å². The van der Waals surface area contributed by atoms with Gasteiger partial charge in [0.1, 0.15) is 0 Å². The minimum absolute atomic E-state index is 1.10. The molecule has 84 valence electrons. The van der Waals surface area contributed by atoms with E-state index in [0.29, 0.717) is 0 Å². The third-order valence-corrected chi connectivity index (χ3v) is 5.48. The molecule has 0 aliphatic carbocycles. The molecule has 0 saturated heterocycles. The maximum Gasteiger partial charge on any atom is 0.0317 e. The minimum Gasteiger partial charge on any atom is -0.0611 e. The van der Waals surface area contributed by atoms with Gasteiger partial charge in [0.25, 0.3) is 0 Å². The molecule has 0 amide bonds. The summed E-state index contributed by atoms with van der Waals surface area (Å²) in [5, 5.41) is 0. The van der Waals surface area contributed by atoms with Gasteiger partial charge in [0.15, 0.2) is 0 Å². The van der Waals surface area contributed by atoms with Crippen molar-refractivity contribution >= 4 is 63.7 Å². The molecule has 0 bridgehead atoms. The fourth-order valence-corrected chi connectivity index (χ4v) is 2.02. The second kappa shape index (κ2) is 7.64. The van der Waals surface area contributed by atoms with Crippen molar-refractivity contribution in [3.8, 4) is 0 Å². The van der Waals surface area contributed by atoms with E-state index < -0.39 is 0 Å². The van der Waals surface area contributed by atoms with Gasteiger partial charge in [0.05, 0.1) is 0 Å². The molecule has 0 fully saturated rings. The summed E-state index contributed by atoms with van der Waals surface area (Å²) >= 11 is 13.4. The van der Waals surface area contributed by atoms with E-state index in [-0.39, 0.29) is 0 Å². The number of hydrogen-bond acceptors (Lipinski definition) is 0. The summed E-state index contributed by atoms with van der Waals surface area (Å²) in [4.78, 5) is 0. The Hall–Kier alpha value is 0.360. The Morgan fingerprint density at radius 1 is 0.438 bits per heavy atom. The van der Waals surface area contributed by atoms with Gasteiger partial charge in [-0.2, -0.15) is 0 Å². The lowest BCUT2D eigenvalue weighted by Crippen LogP contribution is -1.63. The first-order chi connectivity index (χ1) is 7.61. The molecule has 0 spiro atoms. The number of hydrogen-bond donors (Lipinski definition) is 0. The lowest BCUT2D eigenvalue weighted by Gasteiger charge is -1.89. The zero-order chi connectivity index (χ0) is 12.0. The quantitative estimate of drug-likeness (QED) is 0.416. The fraction of sp³-hybridized carbons (Fsp3) is 0. The molecule has 0 unspecified atom stereocenters. The lowest BCUT2D eigenvalue weighted by atomic mass is 10.4. The Labute approximate surface area is 129 Å². The zero-order valence-corrected chi connectivity index (χ0v) is 14.5. The Bertz CT molecular complexity index is 369. The Kier molecular flexibility index (Phi) is 6.89. The van der Waals surface area contributed by atoms with E-state index in [1.54, 1.807) is 0 Å². The van der Waals surface area contributed by atoms with Crippen molar-refractivity contribution in [2.24, 2.45) is 0 Å². The van der Waals surface area contributed by atoms with E-state index in [1.807, 2.05) is 48.5 Å². The number of rotatable bonds is 0. The standard InChI is InChI=1S/2C6H4Br2/c2*7-5-3-1-2-4-6(5)8/h2*1-4H. The van der Waals surface area contributed by atoms with E-state index in [0.717, 1.165) is 17.9 Å². The largest absolute Gasteiger partial charge is 0.0611 e. The highest BCUT2D eigenvalue weighted by Gasteiger charge is 1.88. The average Bonchev–Trinajstić information content (AvgIpc) is 2.28. The second-order valence-electron chi connectivity index (χ2n) is 2.83. The van der Waals surface area contributed by atoms with E-state index in [2.05, 4.69) is 63.7 Å². The zero-order valence-electron chi connectivity index (χ0n) is 8.13. The second-order valence-corrected chi connectivity index (χ2v) is 6.25. The highest BCUT2D eigenvalue weighted by atomic mass is 79.9. The van der Waals surface area contributed by atoms with E-state index in [9.17, 15) is 0 Å². The van der Waals surface area contributed by atoms with Gasteiger partial charge in [-0.05, 0) is 88.0 Å². The van der Waals surface area contributed by atoms with Gasteiger partial charge in [0.2, 0.25) is 0 Å². The first kappa shape index (κ1) is 14.4. The van der Waals surface area contributed by atoms with Crippen LogP contribution in [0.3, 0.4) is 0 Å². The van der Waals surface area contributed by atoms with Crippen molar-refractivity contribution in [3.63, 3.8) is 0 Å². The first-order valence-electron chi connectivity index (χ1n) is 4.41. The van der Waals surface area contributed by atoms with Gasteiger partial charge in [-0.1, -0.05) is 24.3 Å². The molecular formula is C12H8Br4. The minimum atomic E-state index is 1.10. The molecule has 0 radical (unpaired) electrons. The van der Waals surface area contributed by atoms with Crippen LogP contribution in [-0.4, -0.2) is 0 Å². The molecule has 0 aromatic heterocycles.